The van der Waals surface area contributed by atoms with Gasteiger partial charge in [-0.3, -0.25) is 4.79 Å². The van der Waals surface area contributed by atoms with E-state index in [-0.39, 0.29) is 18.7 Å². The Hall–Kier alpha value is -0.730. The highest BCUT2D eigenvalue weighted by Gasteiger charge is 2.53. The van der Waals surface area contributed by atoms with Gasteiger partial charge >= 0.3 is 0 Å². The molecule has 4 atom stereocenters. The molecule has 1 heterocycles. The number of nitrogens with one attached hydrogen (secondary N) is 2. The molecule has 1 saturated heterocycles. The first-order valence-electron chi connectivity index (χ1n) is 13.0. The van der Waals surface area contributed by atoms with Crippen LogP contribution in [0.3, 0.4) is 0 Å². The number of amides is 1. The monoisotopic (exact) mass is 456 g/mol. The van der Waals surface area contributed by atoms with Crippen molar-refractivity contribution >= 4 is 5.91 Å². The summed E-state index contributed by atoms with van der Waals surface area (Å²) in [5, 5.41) is 27.5. The molecule has 1 aliphatic carbocycles. The molecule has 2 fully saturated rings. The summed E-state index contributed by atoms with van der Waals surface area (Å²) < 4.78 is 11.5. The molecular weight excluding hydrogens is 408 g/mol. The molecule has 0 radical (unpaired) electrons. The van der Waals surface area contributed by atoms with Gasteiger partial charge < -0.3 is 30.3 Å². The molecule has 188 valence electrons. The SMILES string of the molecule is CCCCCCCCCCCCNCCNC(=O)C[C@@]1(O)C[C@@H](O)[C@@H]2OC(C)(C)O[C@@H]2C1. The molecular formula is C25H48N2O5. The van der Waals surface area contributed by atoms with Crippen molar-refractivity contribution in [3.8, 4) is 0 Å². The Kier molecular flexibility index (Phi) is 11.9. The Morgan fingerprint density at radius 2 is 1.53 bits per heavy atom. The van der Waals surface area contributed by atoms with Gasteiger partial charge in [0, 0.05) is 25.9 Å². The molecule has 2 aliphatic rings. The van der Waals surface area contributed by atoms with Crippen molar-refractivity contribution in [2.24, 2.45) is 0 Å². The smallest absolute Gasteiger partial charge is 0.222 e. The topological polar surface area (TPSA) is 100 Å². The van der Waals surface area contributed by atoms with Crippen molar-refractivity contribution in [2.45, 2.75) is 134 Å². The first kappa shape index (κ1) is 27.5. The van der Waals surface area contributed by atoms with E-state index in [4.69, 9.17) is 9.47 Å². The van der Waals surface area contributed by atoms with Gasteiger partial charge in [-0.25, -0.2) is 0 Å². The third-order valence-electron chi connectivity index (χ3n) is 6.59. The average molecular weight is 457 g/mol. The zero-order chi connectivity index (χ0) is 23.5. The molecule has 1 aliphatic heterocycles. The largest absolute Gasteiger partial charge is 0.390 e. The highest BCUT2D eigenvalue weighted by atomic mass is 16.8. The van der Waals surface area contributed by atoms with E-state index in [0.717, 1.165) is 13.1 Å². The summed E-state index contributed by atoms with van der Waals surface area (Å²) in [6.45, 7) is 8.08. The molecule has 4 N–H and O–H groups in total. The Labute approximate surface area is 195 Å². The van der Waals surface area contributed by atoms with Crippen LogP contribution in [0, 0.1) is 0 Å². The van der Waals surface area contributed by atoms with Gasteiger partial charge in [0.2, 0.25) is 5.91 Å². The summed E-state index contributed by atoms with van der Waals surface area (Å²) in [5.74, 6) is -0.971. The standard InChI is InChI=1S/C25H48N2O5/c1-4-5-6-7-8-9-10-11-12-13-14-26-15-16-27-22(29)19-25(30)17-20(28)23-21(18-25)31-24(2,3)32-23/h20-21,23,26,28,30H,4-19H2,1-3H3,(H,27,29)/t20-,21-,23+,25-/m1/s1. The molecule has 0 aromatic heterocycles. The zero-order valence-electron chi connectivity index (χ0n) is 20.7. The Morgan fingerprint density at radius 1 is 0.906 bits per heavy atom. The minimum absolute atomic E-state index is 0.0322. The lowest BCUT2D eigenvalue weighted by Gasteiger charge is -2.39. The maximum Gasteiger partial charge on any atom is 0.222 e. The molecule has 7 heteroatoms. The second-order valence-electron chi connectivity index (χ2n) is 10.3. The number of ether oxygens (including phenoxy) is 2. The maximum atomic E-state index is 12.3. The quantitative estimate of drug-likeness (QED) is 0.266. The van der Waals surface area contributed by atoms with E-state index in [0.29, 0.717) is 13.0 Å². The highest BCUT2D eigenvalue weighted by Crippen LogP contribution is 2.41. The van der Waals surface area contributed by atoms with E-state index in [9.17, 15) is 15.0 Å². The molecule has 0 aromatic carbocycles. The van der Waals surface area contributed by atoms with E-state index in [1.807, 2.05) is 0 Å². The van der Waals surface area contributed by atoms with Gasteiger partial charge in [-0.15, -0.1) is 0 Å². The lowest BCUT2D eigenvalue weighted by atomic mass is 9.77. The molecule has 1 amide bonds. The lowest BCUT2D eigenvalue weighted by Crippen LogP contribution is -2.53. The van der Waals surface area contributed by atoms with Crippen molar-refractivity contribution in [3.63, 3.8) is 0 Å². The van der Waals surface area contributed by atoms with Gasteiger partial charge in [-0.2, -0.15) is 0 Å². The van der Waals surface area contributed by atoms with E-state index in [2.05, 4.69) is 17.6 Å². The number of carbonyl (C=O) groups is 1. The predicted molar refractivity (Wildman–Crippen MR) is 126 cm³/mol. The van der Waals surface area contributed by atoms with E-state index in [1.165, 1.54) is 64.2 Å². The third-order valence-corrected chi connectivity index (χ3v) is 6.59. The summed E-state index contributed by atoms with van der Waals surface area (Å²) in [6.07, 6.45) is 12.0. The predicted octanol–water partition coefficient (Wildman–Crippen LogP) is 3.41. The third kappa shape index (κ3) is 10.0. The van der Waals surface area contributed by atoms with Crippen LogP contribution in [-0.2, 0) is 14.3 Å². The van der Waals surface area contributed by atoms with Crippen LogP contribution in [0.25, 0.3) is 0 Å². The van der Waals surface area contributed by atoms with E-state index in [1.54, 1.807) is 13.8 Å². The number of hydrogen-bond acceptors (Lipinski definition) is 6. The van der Waals surface area contributed by atoms with E-state index < -0.39 is 29.7 Å². The fourth-order valence-corrected chi connectivity index (χ4v) is 4.97. The summed E-state index contributed by atoms with van der Waals surface area (Å²) in [5.41, 5.74) is -1.27. The zero-order valence-corrected chi connectivity index (χ0v) is 20.7. The van der Waals surface area contributed by atoms with Crippen molar-refractivity contribution in [3.05, 3.63) is 0 Å². The molecule has 32 heavy (non-hydrogen) atoms. The first-order chi connectivity index (χ1) is 15.2. The fraction of sp³-hybridized carbons (Fsp3) is 0.960. The van der Waals surface area contributed by atoms with Gasteiger partial charge in [0.25, 0.3) is 0 Å². The molecule has 7 nitrogen and oxygen atoms in total. The van der Waals surface area contributed by atoms with E-state index >= 15 is 0 Å². The highest BCUT2D eigenvalue weighted by molar-refractivity contribution is 5.77. The molecule has 0 bridgehead atoms. The number of aliphatic hydroxyl groups excluding tert-OH is 1. The Balaban J connectivity index is 1.46. The van der Waals surface area contributed by atoms with Gasteiger partial charge in [-0.05, 0) is 26.8 Å². The van der Waals surface area contributed by atoms with Crippen LogP contribution in [0.15, 0.2) is 0 Å². The van der Waals surface area contributed by atoms with Crippen LogP contribution in [0.1, 0.15) is 104 Å². The minimum atomic E-state index is -1.27. The second-order valence-corrected chi connectivity index (χ2v) is 10.3. The molecule has 0 unspecified atom stereocenters. The van der Waals surface area contributed by atoms with Crippen LogP contribution in [0.2, 0.25) is 0 Å². The van der Waals surface area contributed by atoms with Crippen LogP contribution >= 0.6 is 0 Å². The van der Waals surface area contributed by atoms with Crippen molar-refractivity contribution in [1.82, 2.24) is 10.6 Å². The average Bonchev–Trinajstić information content (AvgIpc) is 3.02. The Bertz CT molecular complexity index is 544. The van der Waals surface area contributed by atoms with Gasteiger partial charge in [0.15, 0.2) is 5.79 Å². The van der Waals surface area contributed by atoms with Crippen LogP contribution < -0.4 is 10.6 Å². The lowest BCUT2D eigenvalue weighted by molar-refractivity contribution is -0.153. The van der Waals surface area contributed by atoms with Crippen LogP contribution in [-0.4, -0.2) is 65.5 Å². The molecule has 2 rings (SSSR count). The molecule has 0 spiro atoms. The summed E-state index contributed by atoms with van der Waals surface area (Å²) in [6, 6.07) is 0. The van der Waals surface area contributed by atoms with Gasteiger partial charge in [0.05, 0.1) is 24.2 Å². The normalized spacial score (nSPS) is 29.1. The second kappa shape index (κ2) is 13.9. The number of fused-ring (bicyclic) bond motifs is 1. The van der Waals surface area contributed by atoms with Crippen LogP contribution in [0.4, 0.5) is 0 Å². The number of unbranched alkanes of at least 4 members (excludes halogenated alkanes) is 9. The first-order valence-corrected chi connectivity index (χ1v) is 13.0. The number of rotatable bonds is 16. The number of hydrogen-bond donors (Lipinski definition) is 4. The summed E-state index contributed by atoms with van der Waals surface area (Å²) in [4.78, 5) is 12.3. The van der Waals surface area contributed by atoms with Crippen molar-refractivity contribution in [1.29, 1.82) is 0 Å². The van der Waals surface area contributed by atoms with Crippen molar-refractivity contribution in [2.75, 3.05) is 19.6 Å². The van der Waals surface area contributed by atoms with Crippen LogP contribution in [0.5, 0.6) is 0 Å². The minimum Gasteiger partial charge on any atom is -0.390 e. The number of carbonyl (C=O) groups excluding carboxylic acids is 1. The Morgan fingerprint density at radius 3 is 2.19 bits per heavy atom. The van der Waals surface area contributed by atoms with Crippen molar-refractivity contribution < 1.29 is 24.5 Å². The summed E-state index contributed by atoms with van der Waals surface area (Å²) >= 11 is 0. The number of aliphatic hydroxyl groups is 2. The van der Waals surface area contributed by atoms with Gasteiger partial charge in [0.1, 0.15) is 6.10 Å². The molecule has 0 aromatic rings. The maximum absolute atomic E-state index is 12.3. The molecule has 1 saturated carbocycles. The fourth-order valence-electron chi connectivity index (χ4n) is 4.97. The van der Waals surface area contributed by atoms with Gasteiger partial charge in [-0.1, -0.05) is 64.7 Å². The summed E-state index contributed by atoms with van der Waals surface area (Å²) in [7, 11) is 0.